The summed E-state index contributed by atoms with van der Waals surface area (Å²) in [5.74, 6) is -1.07. The van der Waals surface area contributed by atoms with Gasteiger partial charge in [0.15, 0.2) is 0 Å². The van der Waals surface area contributed by atoms with Crippen molar-refractivity contribution in [2.75, 3.05) is 16.8 Å². The topological polar surface area (TPSA) is 86.7 Å². The third-order valence-electron chi connectivity index (χ3n) is 6.16. The van der Waals surface area contributed by atoms with Crippen LogP contribution in [0.5, 0.6) is 0 Å². The van der Waals surface area contributed by atoms with E-state index in [1.807, 2.05) is 12.1 Å². The van der Waals surface area contributed by atoms with E-state index in [0.717, 1.165) is 49.8 Å². The van der Waals surface area contributed by atoms with E-state index in [9.17, 15) is 19.5 Å². The first kappa shape index (κ1) is 19.4. The van der Waals surface area contributed by atoms with Crippen molar-refractivity contribution in [2.45, 2.75) is 58.8 Å². The Kier molecular flexibility index (Phi) is 5.53. The van der Waals surface area contributed by atoms with Crippen LogP contribution in [-0.2, 0) is 20.8 Å². The quantitative estimate of drug-likeness (QED) is 0.827. The number of nitrogens with zero attached hydrogens (tertiary/aromatic N) is 1. The minimum atomic E-state index is -0.940. The number of anilines is 2. The number of amides is 2. The largest absolute Gasteiger partial charge is 0.481 e. The minimum absolute atomic E-state index is 0.0110. The zero-order valence-corrected chi connectivity index (χ0v) is 16.1. The maximum absolute atomic E-state index is 13.1. The van der Waals surface area contributed by atoms with Crippen LogP contribution in [0, 0.1) is 11.3 Å². The summed E-state index contributed by atoms with van der Waals surface area (Å²) < 4.78 is 0. The predicted octanol–water partition coefficient (Wildman–Crippen LogP) is 3.60. The number of fused-ring (bicyclic) bond motifs is 1. The number of carbonyl (C=O) groups excluding carboxylic acids is 2. The van der Waals surface area contributed by atoms with E-state index in [1.165, 1.54) is 0 Å². The molecule has 2 amide bonds. The van der Waals surface area contributed by atoms with Gasteiger partial charge in [-0.15, -0.1) is 0 Å². The molecule has 0 unspecified atom stereocenters. The van der Waals surface area contributed by atoms with E-state index in [2.05, 4.69) is 5.32 Å². The second-order valence-corrected chi connectivity index (χ2v) is 8.04. The molecule has 0 saturated heterocycles. The number of aliphatic carboxylic acids is 1. The number of carbonyl (C=O) groups is 3. The molecule has 1 atom stereocenters. The van der Waals surface area contributed by atoms with Crippen LogP contribution in [0.25, 0.3) is 0 Å². The molecule has 0 radical (unpaired) electrons. The average Bonchev–Trinajstić information content (AvgIpc) is 3.05. The Morgan fingerprint density at radius 1 is 1.22 bits per heavy atom. The molecule has 6 nitrogen and oxygen atoms in total. The highest BCUT2D eigenvalue weighted by atomic mass is 16.4. The molecular formula is C21H28N2O4. The minimum Gasteiger partial charge on any atom is -0.481 e. The molecule has 146 valence electrons. The van der Waals surface area contributed by atoms with Gasteiger partial charge in [-0.1, -0.05) is 19.3 Å². The molecule has 3 rings (SSSR count). The lowest BCUT2D eigenvalue weighted by atomic mass is 9.67. The summed E-state index contributed by atoms with van der Waals surface area (Å²) in [5, 5.41) is 12.3. The van der Waals surface area contributed by atoms with Crippen molar-refractivity contribution in [3.05, 3.63) is 23.8 Å². The van der Waals surface area contributed by atoms with Crippen molar-refractivity contribution in [3.8, 4) is 0 Å². The Labute approximate surface area is 159 Å². The van der Waals surface area contributed by atoms with Crippen LogP contribution in [-0.4, -0.2) is 29.4 Å². The van der Waals surface area contributed by atoms with E-state index in [1.54, 1.807) is 24.8 Å². The third kappa shape index (κ3) is 3.99. The van der Waals surface area contributed by atoms with Gasteiger partial charge in [0.1, 0.15) is 0 Å². The molecule has 1 fully saturated rings. The number of hydrogen-bond donors (Lipinski definition) is 2. The standard InChI is InChI=1S/C21H28N2O4/c1-14(24)23-11-10-15-12-17(8-9-18(15)23)22-20(27)21(2,13-19(25)26)16-6-4-3-5-7-16/h8-9,12,16H,3-7,10-11,13H2,1-2H3,(H,22,27)(H,25,26)/t21-/m0/s1. The molecule has 2 aliphatic rings. The van der Waals surface area contributed by atoms with Gasteiger partial charge in [-0.25, -0.2) is 0 Å². The van der Waals surface area contributed by atoms with Crippen LogP contribution < -0.4 is 10.2 Å². The van der Waals surface area contributed by atoms with Gasteiger partial charge in [-0.3, -0.25) is 14.4 Å². The fourth-order valence-electron chi connectivity index (χ4n) is 4.54. The van der Waals surface area contributed by atoms with E-state index in [4.69, 9.17) is 0 Å². The molecule has 6 heteroatoms. The van der Waals surface area contributed by atoms with Crippen molar-refractivity contribution < 1.29 is 19.5 Å². The van der Waals surface area contributed by atoms with Crippen LogP contribution in [0.4, 0.5) is 11.4 Å². The van der Waals surface area contributed by atoms with Crippen LogP contribution in [0.3, 0.4) is 0 Å². The van der Waals surface area contributed by atoms with Gasteiger partial charge in [-0.05, 0) is 55.9 Å². The van der Waals surface area contributed by atoms with Crippen LogP contribution in [0.15, 0.2) is 18.2 Å². The molecule has 0 aromatic heterocycles. The van der Waals surface area contributed by atoms with Crippen LogP contribution in [0.1, 0.15) is 57.9 Å². The van der Waals surface area contributed by atoms with Gasteiger partial charge in [0, 0.05) is 24.8 Å². The molecule has 1 aromatic rings. The van der Waals surface area contributed by atoms with Gasteiger partial charge in [0.05, 0.1) is 11.8 Å². The van der Waals surface area contributed by atoms with Crippen molar-refractivity contribution in [1.82, 2.24) is 0 Å². The second-order valence-electron chi connectivity index (χ2n) is 8.04. The number of hydrogen-bond acceptors (Lipinski definition) is 3. The predicted molar refractivity (Wildman–Crippen MR) is 104 cm³/mol. The van der Waals surface area contributed by atoms with Gasteiger partial charge in [0.25, 0.3) is 0 Å². The number of rotatable bonds is 5. The number of carboxylic acids is 1. The Morgan fingerprint density at radius 2 is 1.93 bits per heavy atom. The van der Waals surface area contributed by atoms with E-state index in [-0.39, 0.29) is 24.2 Å². The first-order valence-electron chi connectivity index (χ1n) is 9.75. The number of benzene rings is 1. The first-order valence-corrected chi connectivity index (χ1v) is 9.75. The maximum Gasteiger partial charge on any atom is 0.304 e. The summed E-state index contributed by atoms with van der Waals surface area (Å²) in [4.78, 5) is 38.0. The highest BCUT2D eigenvalue weighted by Crippen LogP contribution is 2.42. The lowest BCUT2D eigenvalue weighted by Gasteiger charge is -2.37. The Bertz CT molecular complexity index is 755. The van der Waals surface area contributed by atoms with E-state index >= 15 is 0 Å². The second kappa shape index (κ2) is 7.71. The lowest BCUT2D eigenvalue weighted by Crippen LogP contribution is -2.42. The van der Waals surface area contributed by atoms with Crippen molar-refractivity contribution in [3.63, 3.8) is 0 Å². The summed E-state index contributed by atoms with van der Waals surface area (Å²) in [6.07, 6.45) is 5.64. The van der Waals surface area contributed by atoms with Gasteiger partial charge < -0.3 is 15.3 Å². The van der Waals surface area contributed by atoms with Gasteiger partial charge in [0.2, 0.25) is 11.8 Å². The number of carboxylic acid groups (broad SMARTS) is 1. The fourth-order valence-corrected chi connectivity index (χ4v) is 4.54. The van der Waals surface area contributed by atoms with Crippen molar-refractivity contribution >= 4 is 29.2 Å². The third-order valence-corrected chi connectivity index (χ3v) is 6.16. The SMILES string of the molecule is CC(=O)N1CCc2cc(NC(=O)[C@@](C)(CC(=O)O)C3CCCCC3)ccc21. The number of nitrogens with one attached hydrogen (secondary N) is 1. The molecule has 1 saturated carbocycles. The smallest absolute Gasteiger partial charge is 0.304 e. The molecule has 1 aliphatic carbocycles. The molecule has 1 heterocycles. The zero-order valence-electron chi connectivity index (χ0n) is 16.1. The van der Waals surface area contributed by atoms with Crippen molar-refractivity contribution in [1.29, 1.82) is 0 Å². The Hall–Kier alpha value is -2.37. The summed E-state index contributed by atoms with van der Waals surface area (Å²) in [7, 11) is 0. The first-order chi connectivity index (χ1) is 12.8. The summed E-state index contributed by atoms with van der Waals surface area (Å²) >= 11 is 0. The van der Waals surface area contributed by atoms with Gasteiger partial charge in [-0.2, -0.15) is 0 Å². The van der Waals surface area contributed by atoms with Crippen molar-refractivity contribution in [2.24, 2.45) is 11.3 Å². The van der Waals surface area contributed by atoms with E-state index < -0.39 is 11.4 Å². The normalized spacial score (nSPS) is 19.3. The Balaban J connectivity index is 1.79. The highest BCUT2D eigenvalue weighted by molar-refractivity contribution is 5.98. The monoisotopic (exact) mass is 372 g/mol. The molecular weight excluding hydrogens is 344 g/mol. The molecule has 0 spiro atoms. The lowest BCUT2D eigenvalue weighted by molar-refractivity contribution is -0.145. The summed E-state index contributed by atoms with van der Waals surface area (Å²) in [5.41, 5.74) is 1.66. The molecule has 1 aromatic carbocycles. The molecule has 0 bridgehead atoms. The van der Waals surface area contributed by atoms with Crippen LogP contribution >= 0.6 is 0 Å². The molecule has 27 heavy (non-hydrogen) atoms. The highest BCUT2D eigenvalue weighted by Gasteiger charge is 2.43. The summed E-state index contributed by atoms with van der Waals surface area (Å²) in [6, 6.07) is 5.55. The maximum atomic E-state index is 13.1. The zero-order chi connectivity index (χ0) is 19.6. The molecule has 1 aliphatic heterocycles. The Morgan fingerprint density at radius 3 is 2.56 bits per heavy atom. The van der Waals surface area contributed by atoms with E-state index in [0.29, 0.717) is 12.2 Å². The molecule has 2 N–H and O–H groups in total. The van der Waals surface area contributed by atoms with Gasteiger partial charge >= 0.3 is 5.97 Å². The van der Waals surface area contributed by atoms with Crippen LogP contribution in [0.2, 0.25) is 0 Å². The summed E-state index contributed by atoms with van der Waals surface area (Å²) in [6.45, 7) is 3.99. The fraction of sp³-hybridized carbons (Fsp3) is 0.571. The average molecular weight is 372 g/mol.